The zero-order valence-corrected chi connectivity index (χ0v) is 11.6. The van der Waals surface area contributed by atoms with Crippen LogP contribution in [0.5, 0.6) is 0 Å². The largest absolute Gasteiger partial charge is 0.363 e. The summed E-state index contributed by atoms with van der Waals surface area (Å²) >= 11 is 0. The van der Waals surface area contributed by atoms with E-state index in [0.717, 1.165) is 24.0 Å². The molecule has 1 aliphatic carbocycles. The number of hydrogen-bond donors (Lipinski definition) is 2. The molecule has 22 heavy (non-hydrogen) atoms. The number of aliphatic hydroxyl groups excluding tert-OH is 1. The van der Waals surface area contributed by atoms with E-state index in [0.29, 0.717) is 17.3 Å². The van der Waals surface area contributed by atoms with Gasteiger partial charge < -0.3 is 10.2 Å². The lowest BCUT2D eigenvalue weighted by atomic mass is 10.1. The molecule has 0 atom stereocenters. The van der Waals surface area contributed by atoms with Crippen LogP contribution < -0.4 is 0 Å². The number of fused-ring (bicyclic) bond motifs is 1. The van der Waals surface area contributed by atoms with Crippen LogP contribution in [0.4, 0.5) is 4.39 Å². The summed E-state index contributed by atoms with van der Waals surface area (Å²) in [6.07, 6.45) is 2.07. The summed E-state index contributed by atoms with van der Waals surface area (Å²) in [6, 6.07) is 8.11. The molecule has 1 aliphatic rings. The first-order chi connectivity index (χ1) is 10.6. The first-order valence-corrected chi connectivity index (χ1v) is 7.14. The predicted molar refractivity (Wildman–Crippen MR) is 77.5 cm³/mol. The van der Waals surface area contributed by atoms with Crippen molar-refractivity contribution < 1.29 is 14.6 Å². The summed E-state index contributed by atoms with van der Waals surface area (Å²) in [5, 5.41) is 23.1. The maximum Gasteiger partial charge on any atom is 0.197 e. The summed E-state index contributed by atoms with van der Waals surface area (Å²) < 4.78 is 14.6. The van der Waals surface area contributed by atoms with E-state index in [1.807, 2.05) is 6.07 Å². The number of imidazole rings is 1. The molecular weight excluding hydrogens is 285 g/mol. The molecular formula is C16H14FN3O2. The molecule has 5 nitrogen and oxygen atoms in total. The van der Waals surface area contributed by atoms with E-state index in [4.69, 9.17) is 0 Å². The summed E-state index contributed by atoms with van der Waals surface area (Å²) in [5.74, 6) is 0.136. The molecule has 2 aromatic heterocycles. The highest BCUT2D eigenvalue weighted by Crippen LogP contribution is 2.42. The van der Waals surface area contributed by atoms with E-state index >= 15 is 0 Å². The van der Waals surface area contributed by atoms with Gasteiger partial charge in [-0.2, -0.15) is 5.10 Å². The smallest absolute Gasteiger partial charge is 0.197 e. The fourth-order valence-corrected chi connectivity index (χ4v) is 2.60. The molecule has 0 aliphatic heterocycles. The zero-order chi connectivity index (χ0) is 15.3. The summed E-state index contributed by atoms with van der Waals surface area (Å²) in [5.41, 5.74) is 3.39. The Morgan fingerprint density at radius 1 is 1.18 bits per heavy atom. The SMILES string of the molecule is OC(O)c1cn2nc(-c3ccc(F)cc3)cc(C3CC3)c2n1. The number of hydrogen-bond acceptors (Lipinski definition) is 4. The minimum absolute atomic E-state index is 0.172. The summed E-state index contributed by atoms with van der Waals surface area (Å²) in [4.78, 5) is 4.26. The van der Waals surface area contributed by atoms with Crippen molar-refractivity contribution in [2.24, 2.45) is 0 Å². The lowest BCUT2D eigenvalue weighted by Crippen LogP contribution is -1.98. The van der Waals surface area contributed by atoms with Crippen LogP contribution >= 0.6 is 0 Å². The van der Waals surface area contributed by atoms with E-state index in [9.17, 15) is 14.6 Å². The van der Waals surface area contributed by atoms with E-state index < -0.39 is 6.29 Å². The van der Waals surface area contributed by atoms with Crippen molar-refractivity contribution in [1.82, 2.24) is 14.6 Å². The van der Waals surface area contributed by atoms with Gasteiger partial charge in [-0.3, -0.25) is 0 Å². The molecule has 0 radical (unpaired) electrons. The zero-order valence-electron chi connectivity index (χ0n) is 11.6. The monoisotopic (exact) mass is 299 g/mol. The lowest BCUT2D eigenvalue weighted by molar-refractivity contribution is -0.0454. The highest BCUT2D eigenvalue weighted by Gasteiger charge is 2.28. The van der Waals surface area contributed by atoms with Gasteiger partial charge in [0.05, 0.1) is 11.9 Å². The van der Waals surface area contributed by atoms with E-state index in [-0.39, 0.29) is 11.5 Å². The minimum Gasteiger partial charge on any atom is -0.363 e. The highest BCUT2D eigenvalue weighted by atomic mass is 19.1. The molecule has 0 amide bonds. The molecule has 4 rings (SSSR count). The van der Waals surface area contributed by atoms with Crippen molar-refractivity contribution in [2.45, 2.75) is 25.0 Å². The van der Waals surface area contributed by atoms with Crippen LogP contribution in [0.2, 0.25) is 0 Å². The van der Waals surface area contributed by atoms with Gasteiger partial charge in [0.25, 0.3) is 0 Å². The Balaban J connectivity index is 1.90. The Labute approximate surface area is 125 Å². The van der Waals surface area contributed by atoms with Crippen LogP contribution in [-0.4, -0.2) is 24.8 Å². The highest BCUT2D eigenvalue weighted by molar-refractivity contribution is 5.64. The van der Waals surface area contributed by atoms with Gasteiger partial charge in [-0.25, -0.2) is 13.9 Å². The molecule has 1 fully saturated rings. The minimum atomic E-state index is -1.62. The second-order valence-corrected chi connectivity index (χ2v) is 5.57. The van der Waals surface area contributed by atoms with Gasteiger partial charge in [-0.05, 0) is 49.1 Å². The van der Waals surface area contributed by atoms with Gasteiger partial charge in [0.15, 0.2) is 11.9 Å². The molecule has 2 N–H and O–H groups in total. The van der Waals surface area contributed by atoms with Gasteiger partial charge in [0.1, 0.15) is 11.5 Å². The number of nitrogens with zero attached hydrogens (tertiary/aromatic N) is 3. The maximum atomic E-state index is 13.1. The first-order valence-electron chi connectivity index (χ1n) is 7.14. The van der Waals surface area contributed by atoms with Crippen LogP contribution in [0.25, 0.3) is 16.9 Å². The third-order valence-corrected chi connectivity index (χ3v) is 3.89. The molecule has 0 saturated heterocycles. The molecule has 6 heteroatoms. The molecule has 0 bridgehead atoms. The number of aliphatic hydroxyl groups is 2. The molecule has 2 heterocycles. The van der Waals surface area contributed by atoms with E-state index in [2.05, 4.69) is 10.1 Å². The van der Waals surface area contributed by atoms with Crippen LogP contribution in [0.1, 0.15) is 36.3 Å². The summed E-state index contributed by atoms with van der Waals surface area (Å²) in [7, 11) is 0. The fraction of sp³-hybridized carbons (Fsp3) is 0.250. The van der Waals surface area contributed by atoms with Crippen molar-refractivity contribution >= 4 is 5.65 Å². The van der Waals surface area contributed by atoms with Crippen LogP contribution in [0.3, 0.4) is 0 Å². The molecule has 1 saturated carbocycles. The van der Waals surface area contributed by atoms with Gasteiger partial charge in [0.2, 0.25) is 0 Å². The second kappa shape index (κ2) is 4.86. The quantitative estimate of drug-likeness (QED) is 0.729. The fourth-order valence-electron chi connectivity index (χ4n) is 2.60. The first kappa shape index (κ1) is 13.4. The van der Waals surface area contributed by atoms with Crippen molar-refractivity contribution in [3.8, 4) is 11.3 Å². The molecule has 0 spiro atoms. The Morgan fingerprint density at radius 3 is 2.55 bits per heavy atom. The predicted octanol–water partition coefficient (Wildman–Crippen LogP) is 2.40. The number of halogens is 1. The van der Waals surface area contributed by atoms with Crippen molar-refractivity contribution in [2.75, 3.05) is 0 Å². The van der Waals surface area contributed by atoms with Crippen molar-refractivity contribution in [3.05, 3.63) is 53.6 Å². The van der Waals surface area contributed by atoms with Crippen molar-refractivity contribution in [3.63, 3.8) is 0 Å². The van der Waals surface area contributed by atoms with Gasteiger partial charge in [0, 0.05) is 11.1 Å². The Morgan fingerprint density at radius 2 is 1.91 bits per heavy atom. The topological polar surface area (TPSA) is 70.7 Å². The van der Waals surface area contributed by atoms with Crippen LogP contribution in [-0.2, 0) is 0 Å². The Hall–Kier alpha value is -2.31. The average molecular weight is 299 g/mol. The Bertz CT molecular complexity index is 838. The lowest BCUT2D eigenvalue weighted by Gasteiger charge is -2.06. The van der Waals surface area contributed by atoms with E-state index in [1.165, 1.54) is 18.3 Å². The summed E-state index contributed by atoms with van der Waals surface area (Å²) in [6.45, 7) is 0. The average Bonchev–Trinajstić information content (AvgIpc) is 3.25. The van der Waals surface area contributed by atoms with Crippen molar-refractivity contribution in [1.29, 1.82) is 0 Å². The van der Waals surface area contributed by atoms with Crippen LogP contribution in [0, 0.1) is 5.82 Å². The van der Waals surface area contributed by atoms with Gasteiger partial charge >= 0.3 is 0 Å². The van der Waals surface area contributed by atoms with Crippen LogP contribution in [0.15, 0.2) is 36.5 Å². The Kier molecular flexibility index (Phi) is 2.95. The molecule has 0 unspecified atom stereocenters. The second-order valence-electron chi connectivity index (χ2n) is 5.57. The number of rotatable bonds is 3. The van der Waals surface area contributed by atoms with Gasteiger partial charge in [-0.15, -0.1) is 0 Å². The third kappa shape index (κ3) is 2.26. The third-order valence-electron chi connectivity index (χ3n) is 3.89. The molecule has 112 valence electrons. The van der Waals surface area contributed by atoms with E-state index in [1.54, 1.807) is 16.6 Å². The standard InChI is InChI=1S/C16H14FN3O2/c17-11-5-3-10(4-6-11)13-7-12(9-1-2-9)15-18-14(16(21)22)8-20(15)19-13/h3-9,16,21-22H,1-2H2. The number of aromatic nitrogens is 3. The number of benzene rings is 1. The molecule has 3 aromatic rings. The van der Waals surface area contributed by atoms with Gasteiger partial charge in [-0.1, -0.05) is 0 Å². The molecule has 1 aromatic carbocycles. The maximum absolute atomic E-state index is 13.1. The normalized spacial score (nSPS) is 14.9.